The van der Waals surface area contributed by atoms with Gasteiger partial charge in [0.1, 0.15) is 5.78 Å². The van der Waals surface area contributed by atoms with E-state index in [1.165, 1.54) is 25.7 Å². The summed E-state index contributed by atoms with van der Waals surface area (Å²) >= 11 is 0. The number of Topliss-reactive ketones (excluding diaryl/α,β-unsaturated/α-hetero) is 1. The van der Waals surface area contributed by atoms with E-state index in [-0.39, 0.29) is 0 Å². The highest BCUT2D eigenvalue weighted by Crippen LogP contribution is 2.33. The molecule has 0 bridgehead atoms. The maximum atomic E-state index is 12.2. The zero-order valence-electron chi connectivity index (χ0n) is 13.9. The lowest BCUT2D eigenvalue weighted by atomic mass is 9.75. The molecular formula is C18H33NO. The van der Waals surface area contributed by atoms with E-state index in [1.807, 2.05) is 0 Å². The average Bonchev–Trinajstić information content (AvgIpc) is 2.41. The van der Waals surface area contributed by atoms with Gasteiger partial charge >= 0.3 is 0 Å². The van der Waals surface area contributed by atoms with Crippen molar-refractivity contribution in [3.8, 4) is 0 Å². The van der Waals surface area contributed by atoms with Crippen LogP contribution >= 0.6 is 0 Å². The summed E-state index contributed by atoms with van der Waals surface area (Å²) in [6.45, 7) is 7.99. The van der Waals surface area contributed by atoms with Crippen LogP contribution in [0.25, 0.3) is 0 Å². The van der Waals surface area contributed by atoms with Crippen molar-refractivity contribution in [3.05, 3.63) is 0 Å². The Hall–Kier alpha value is -0.370. The van der Waals surface area contributed by atoms with Crippen molar-refractivity contribution in [2.24, 2.45) is 23.7 Å². The first-order chi connectivity index (χ1) is 9.47. The van der Waals surface area contributed by atoms with Crippen LogP contribution in [0.15, 0.2) is 0 Å². The van der Waals surface area contributed by atoms with Crippen molar-refractivity contribution >= 4 is 5.78 Å². The molecule has 2 unspecified atom stereocenters. The van der Waals surface area contributed by atoms with Crippen LogP contribution < -0.4 is 0 Å². The molecule has 0 radical (unpaired) electrons. The smallest absolute Gasteiger partial charge is 0.137 e. The van der Waals surface area contributed by atoms with Gasteiger partial charge in [-0.1, -0.05) is 20.8 Å². The quantitative estimate of drug-likeness (QED) is 0.771. The summed E-state index contributed by atoms with van der Waals surface area (Å²) in [4.78, 5) is 14.7. The van der Waals surface area contributed by atoms with Crippen molar-refractivity contribution in [2.45, 2.75) is 71.8 Å². The second-order valence-electron chi connectivity index (χ2n) is 7.79. The Bertz CT molecular complexity index is 317. The van der Waals surface area contributed by atoms with Gasteiger partial charge in [0.2, 0.25) is 0 Å². The highest BCUT2D eigenvalue weighted by Gasteiger charge is 2.32. The molecule has 0 aromatic heterocycles. The van der Waals surface area contributed by atoms with Gasteiger partial charge < -0.3 is 4.90 Å². The maximum absolute atomic E-state index is 12.2. The number of carbonyl (C=O) groups excluding carboxylic acids is 1. The normalized spacial score (nSPS) is 35.8. The van der Waals surface area contributed by atoms with Crippen LogP contribution in [0.5, 0.6) is 0 Å². The molecule has 0 aromatic rings. The molecule has 0 heterocycles. The zero-order chi connectivity index (χ0) is 14.7. The largest absolute Gasteiger partial charge is 0.303 e. The fraction of sp³-hybridized carbons (Fsp3) is 0.944. The van der Waals surface area contributed by atoms with E-state index >= 15 is 0 Å². The summed E-state index contributed by atoms with van der Waals surface area (Å²) in [6, 6.07) is 0.721. The minimum absolute atomic E-state index is 0.306. The molecule has 2 nitrogen and oxygen atoms in total. The summed E-state index contributed by atoms with van der Waals surface area (Å²) in [5.41, 5.74) is 0. The molecule has 0 spiro atoms. The summed E-state index contributed by atoms with van der Waals surface area (Å²) in [6.07, 6.45) is 8.45. The topological polar surface area (TPSA) is 20.3 Å². The Labute approximate surface area is 125 Å². The average molecular weight is 279 g/mol. The monoisotopic (exact) mass is 279 g/mol. The Morgan fingerprint density at radius 2 is 1.80 bits per heavy atom. The lowest BCUT2D eigenvalue weighted by Crippen LogP contribution is -2.41. The van der Waals surface area contributed by atoms with E-state index in [0.29, 0.717) is 11.7 Å². The standard InChI is InChI=1S/C18H33NO/c1-13(2)15-7-10-18(20)16(11-15)12-19(4)17-8-5-14(3)6-9-17/h13-17H,5-12H2,1-4H3. The van der Waals surface area contributed by atoms with E-state index in [2.05, 4.69) is 32.7 Å². The number of hydrogen-bond donors (Lipinski definition) is 0. The lowest BCUT2D eigenvalue weighted by molar-refractivity contribution is -0.126. The van der Waals surface area contributed by atoms with E-state index in [4.69, 9.17) is 0 Å². The lowest BCUT2D eigenvalue weighted by Gasteiger charge is -2.38. The molecule has 2 fully saturated rings. The van der Waals surface area contributed by atoms with Gasteiger partial charge in [-0.25, -0.2) is 0 Å². The van der Waals surface area contributed by atoms with Crippen LogP contribution in [0.1, 0.15) is 65.7 Å². The third kappa shape index (κ3) is 4.07. The van der Waals surface area contributed by atoms with E-state index in [1.54, 1.807) is 0 Å². The van der Waals surface area contributed by atoms with Crippen LogP contribution in [0.2, 0.25) is 0 Å². The van der Waals surface area contributed by atoms with Crippen LogP contribution in [-0.2, 0) is 4.79 Å². The number of carbonyl (C=O) groups is 1. The first kappa shape index (κ1) is 16.0. The molecule has 0 aliphatic heterocycles. The fourth-order valence-corrected chi connectivity index (χ4v) is 4.11. The van der Waals surface area contributed by atoms with Gasteiger partial charge in [0.05, 0.1) is 0 Å². The van der Waals surface area contributed by atoms with Gasteiger partial charge in [0, 0.05) is 24.9 Å². The second-order valence-corrected chi connectivity index (χ2v) is 7.79. The predicted molar refractivity (Wildman–Crippen MR) is 84.7 cm³/mol. The van der Waals surface area contributed by atoms with Crippen LogP contribution in [0.3, 0.4) is 0 Å². The third-order valence-corrected chi connectivity index (χ3v) is 5.86. The van der Waals surface area contributed by atoms with Crippen molar-refractivity contribution < 1.29 is 4.79 Å². The Morgan fingerprint density at radius 1 is 1.15 bits per heavy atom. The summed E-state index contributed by atoms with van der Waals surface area (Å²) in [5, 5.41) is 0. The van der Waals surface area contributed by atoms with Crippen molar-refractivity contribution in [2.75, 3.05) is 13.6 Å². The molecule has 2 heteroatoms. The summed E-state index contributed by atoms with van der Waals surface area (Å²) < 4.78 is 0. The molecule has 0 saturated heterocycles. The molecule has 2 saturated carbocycles. The van der Waals surface area contributed by atoms with Gasteiger partial charge in [0.15, 0.2) is 0 Å². The molecule has 2 rings (SSSR count). The molecule has 2 aliphatic rings. The second kappa shape index (κ2) is 7.06. The minimum Gasteiger partial charge on any atom is -0.303 e. The van der Waals surface area contributed by atoms with E-state index in [9.17, 15) is 4.79 Å². The summed E-state index contributed by atoms with van der Waals surface area (Å²) in [5.74, 6) is 3.23. The van der Waals surface area contributed by atoms with Crippen LogP contribution in [0, 0.1) is 23.7 Å². The van der Waals surface area contributed by atoms with Gasteiger partial charge in [-0.15, -0.1) is 0 Å². The Morgan fingerprint density at radius 3 is 2.40 bits per heavy atom. The van der Waals surface area contributed by atoms with Gasteiger partial charge in [-0.3, -0.25) is 4.79 Å². The molecule has 0 aromatic carbocycles. The SMILES string of the molecule is CC1CCC(N(C)CC2CC(C(C)C)CCC2=O)CC1. The van der Waals surface area contributed by atoms with Crippen LogP contribution in [-0.4, -0.2) is 30.3 Å². The highest BCUT2D eigenvalue weighted by atomic mass is 16.1. The minimum atomic E-state index is 0.306. The van der Waals surface area contributed by atoms with Crippen molar-refractivity contribution in [1.29, 1.82) is 0 Å². The van der Waals surface area contributed by atoms with Gasteiger partial charge in [-0.05, 0) is 63.3 Å². The van der Waals surface area contributed by atoms with Gasteiger partial charge in [-0.2, -0.15) is 0 Å². The number of rotatable bonds is 4. The maximum Gasteiger partial charge on any atom is 0.137 e. The fourth-order valence-electron chi connectivity index (χ4n) is 4.11. The molecule has 0 N–H and O–H groups in total. The first-order valence-electron chi connectivity index (χ1n) is 8.70. The zero-order valence-corrected chi connectivity index (χ0v) is 13.9. The van der Waals surface area contributed by atoms with E-state index < -0.39 is 0 Å². The molecule has 0 amide bonds. The molecule has 2 atom stereocenters. The van der Waals surface area contributed by atoms with Crippen molar-refractivity contribution in [1.82, 2.24) is 4.90 Å². The predicted octanol–water partition coefficient (Wildman–Crippen LogP) is 4.14. The third-order valence-electron chi connectivity index (χ3n) is 5.86. The Balaban J connectivity index is 1.85. The molecule has 2 aliphatic carbocycles. The number of hydrogen-bond acceptors (Lipinski definition) is 2. The summed E-state index contributed by atoms with van der Waals surface area (Å²) in [7, 11) is 2.24. The number of ketones is 1. The Kier molecular flexibility index (Phi) is 5.65. The molecule has 116 valence electrons. The molecular weight excluding hydrogens is 246 g/mol. The highest BCUT2D eigenvalue weighted by molar-refractivity contribution is 5.82. The van der Waals surface area contributed by atoms with Crippen molar-refractivity contribution in [3.63, 3.8) is 0 Å². The van der Waals surface area contributed by atoms with Crippen LogP contribution in [0.4, 0.5) is 0 Å². The van der Waals surface area contributed by atoms with Gasteiger partial charge in [0.25, 0.3) is 0 Å². The molecule has 20 heavy (non-hydrogen) atoms. The first-order valence-corrected chi connectivity index (χ1v) is 8.70. The van der Waals surface area contributed by atoms with E-state index in [0.717, 1.165) is 49.6 Å². The number of nitrogens with zero attached hydrogens (tertiary/aromatic N) is 1.